The number of ether oxygens (including phenoxy) is 1. The summed E-state index contributed by atoms with van der Waals surface area (Å²) in [5.74, 6) is 0.985. The van der Waals surface area contributed by atoms with Gasteiger partial charge in [-0.1, -0.05) is 0 Å². The van der Waals surface area contributed by atoms with Gasteiger partial charge >= 0.3 is 0 Å². The van der Waals surface area contributed by atoms with Gasteiger partial charge in [-0.15, -0.1) is 0 Å². The van der Waals surface area contributed by atoms with Crippen LogP contribution in [0.2, 0.25) is 0 Å². The Morgan fingerprint density at radius 3 is 3.09 bits per heavy atom. The molecule has 2 saturated heterocycles. The molecule has 1 N–H and O–H groups in total. The summed E-state index contributed by atoms with van der Waals surface area (Å²) in [4.78, 5) is 24.0. The van der Waals surface area contributed by atoms with E-state index in [0.29, 0.717) is 25.1 Å². The second-order valence-electron chi connectivity index (χ2n) is 6.23. The molecular formula is C15H23N5O2. The van der Waals surface area contributed by atoms with Crippen molar-refractivity contribution >= 4 is 11.7 Å². The minimum absolute atomic E-state index is 0.00366. The minimum atomic E-state index is 0.00366. The molecule has 7 nitrogen and oxygen atoms in total. The van der Waals surface area contributed by atoms with Crippen LogP contribution in [0.5, 0.6) is 0 Å². The van der Waals surface area contributed by atoms with Crippen LogP contribution in [0.15, 0.2) is 18.6 Å². The molecule has 3 atom stereocenters. The average molecular weight is 305 g/mol. The molecule has 120 valence electrons. The van der Waals surface area contributed by atoms with Crippen molar-refractivity contribution in [3.8, 4) is 0 Å². The van der Waals surface area contributed by atoms with Gasteiger partial charge in [0.05, 0.1) is 19.1 Å². The van der Waals surface area contributed by atoms with Gasteiger partial charge in [-0.3, -0.25) is 9.69 Å². The van der Waals surface area contributed by atoms with Gasteiger partial charge in [-0.05, 0) is 12.5 Å². The normalized spacial score (nSPS) is 28.2. The van der Waals surface area contributed by atoms with Gasteiger partial charge in [-0.25, -0.2) is 9.97 Å². The molecule has 0 aliphatic carbocycles. The fraction of sp³-hybridized carbons (Fsp3) is 0.667. The van der Waals surface area contributed by atoms with E-state index in [0.717, 1.165) is 25.3 Å². The van der Waals surface area contributed by atoms with Crippen molar-refractivity contribution in [1.82, 2.24) is 19.8 Å². The second-order valence-corrected chi connectivity index (χ2v) is 6.23. The summed E-state index contributed by atoms with van der Waals surface area (Å²) in [6.07, 6.45) is 4.79. The Balaban J connectivity index is 1.52. The third-order valence-corrected chi connectivity index (χ3v) is 4.33. The Labute approximate surface area is 130 Å². The van der Waals surface area contributed by atoms with E-state index in [1.165, 1.54) is 0 Å². The van der Waals surface area contributed by atoms with E-state index in [-0.39, 0.29) is 12.0 Å². The lowest BCUT2D eigenvalue weighted by Gasteiger charge is -2.35. The van der Waals surface area contributed by atoms with E-state index in [9.17, 15) is 4.79 Å². The van der Waals surface area contributed by atoms with E-state index in [4.69, 9.17) is 4.74 Å². The topological polar surface area (TPSA) is 70.6 Å². The third kappa shape index (κ3) is 3.53. The molecule has 1 amide bonds. The Kier molecular flexibility index (Phi) is 4.54. The van der Waals surface area contributed by atoms with Crippen LogP contribution < -0.4 is 5.32 Å². The number of carbonyl (C=O) groups is 1. The molecule has 7 heteroatoms. The zero-order valence-corrected chi connectivity index (χ0v) is 13.1. The van der Waals surface area contributed by atoms with Crippen LogP contribution in [0.4, 0.5) is 5.82 Å². The SMILES string of the molecule is CN(C)C(=O)C[C@H]1CN2C[C@H](Nc3ccncn3)C[C@H]2CO1. The molecule has 0 unspecified atom stereocenters. The molecule has 1 aromatic rings. The van der Waals surface area contributed by atoms with Gasteiger partial charge < -0.3 is 15.0 Å². The van der Waals surface area contributed by atoms with Crippen molar-refractivity contribution in [2.24, 2.45) is 0 Å². The van der Waals surface area contributed by atoms with Crippen LogP contribution in [0.25, 0.3) is 0 Å². The summed E-state index contributed by atoms with van der Waals surface area (Å²) in [5, 5.41) is 3.45. The predicted octanol–water partition coefficient (Wildman–Crippen LogP) is 0.209. The lowest BCUT2D eigenvalue weighted by molar-refractivity contribution is -0.134. The van der Waals surface area contributed by atoms with Crippen molar-refractivity contribution < 1.29 is 9.53 Å². The summed E-state index contributed by atoms with van der Waals surface area (Å²) in [6, 6.07) is 2.68. The van der Waals surface area contributed by atoms with Crippen molar-refractivity contribution in [3.63, 3.8) is 0 Å². The molecule has 0 radical (unpaired) electrons. The van der Waals surface area contributed by atoms with E-state index in [1.807, 2.05) is 6.07 Å². The summed E-state index contributed by atoms with van der Waals surface area (Å²) >= 11 is 0. The lowest BCUT2D eigenvalue weighted by Crippen LogP contribution is -2.47. The maximum absolute atomic E-state index is 11.8. The largest absolute Gasteiger partial charge is 0.375 e. The summed E-state index contributed by atoms with van der Waals surface area (Å²) in [7, 11) is 3.57. The summed E-state index contributed by atoms with van der Waals surface area (Å²) in [5.41, 5.74) is 0. The molecule has 22 heavy (non-hydrogen) atoms. The number of hydrogen-bond donors (Lipinski definition) is 1. The number of amides is 1. The molecule has 0 saturated carbocycles. The van der Waals surface area contributed by atoms with Crippen molar-refractivity contribution in [3.05, 3.63) is 18.6 Å². The van der Waals surface area contributed by atoms with E-state index < -0.39 is 0 Å². The van der Waals surface area contributed by atoms with Crippen LogP contribution in [0.3, 0.4) is 0 Å². The smallest absolute Gasteiger partial charge is 0.224 e. The third-order valence-electron chi connectivity index (χ3n) is 4.33. The van der Waals surface area contributed by atoms with Crippen molar-refractivity contribution in [2.75, 3.05) is 39.1 Å². The molecular weight excluding hydrogens is 282 g/mol. The monoisotopic (exact) mass is 305 g/mol. The fourth-order valence-electron chi connectivity index (χ4n) is 3.13. The first kappa shape index (κ1) is 15.2. The predicted molar refractivity (Wildman–Crippen MR) is 82.5 cm³/mol. The quantitative estimate of drug-likeness (QED) is 0.857. The number of nitrogens with one attached hydrogen (secondary N) is 1. The summed E-state index contributed by atoms with van der Waals surface area (Å²) < 4.78 is 5.87. The first-order valence-corrected chi connectivity index (χ1v) is 7.70. The zero-order chi connectivity index (χ0) is 15.5. The number of aromatic nitrogens is 2. The molecule has 0 aromatic carbocycles. The van der Waals surface area contributed by atoms with E-state index >= 15 is 0 Å². The number of anilines is 1. The summed E-state index contributed by atoms with van der Waals surface area (Å²) in [6.45, 7) is 2.49. The Morgan fingerprint density at radius 2 is 2.36 bits per heavy atom. The van der Waals surface area contributed by atoms with Crippen LogP contribution in [-0.2, 0) is 9.53 Å². The minimum Gasteiger partial charge on any atom is -0.375 e. The lowest BCUT2D eigenvalue weighted by atomic mass is 10.1. The highest BCUT2D eigenvalue weighted by Crippen LogP contribution is 2.26. The standard InChI is InChI=1S/C15H23N5O2/c1-19(2)15(21)6-13-8-20-7-11(5-12(20)9-22-13)18-14-3-4-16-10-17-14/h3-4,10-13H,5-9H2,1-2H3,(H,16,17,18)/t11-,12+,13+/m1/s1. The number of rotatable bonds is 4. The Morgan fingerprint density at radius 1 is 1.50 bits per heavy atom. The molecule has 2 aliphatic rings. The first-order valence-electron chi connectivity index (χ1n) is 7.70. The first-order chi connectivity index (χ1) is 10.6. The molecule has 1 aromatic heterocycles. The average Bonchev–Trinajstić information content (AvgIpc) is 2.89. The highest BCUT2D eigenvalue weighted by Gasteiger charge is 2.38. The number of hydrogen-bond acceptors (Lipinski definition) is 6. The van der Waals surface area contributed by atoms with Crippen LogP contribution in [-0.4, -0.2) is 77.7 Å². The zero-order valence-electron chi connectivity index (χ0n) is 13.1. The van der Waals surface area contributed by atoms with Gasteiger partial charge in [0.2, 0.25) is 5.91 Å². The number of nitrogens with zero attached hydrogens (tertiary/aromatic N) is 4. The van der Waals surface area contributed by atoms with Crippen LogP contribution in [0, 0.1) is 0 Å². The van der Waals surface area contributed by atoms with E-state index in [2.05, 4.69) is 20.2 Å². The number of carbonyl (C=O) groups excluding carboxylic acids is 1. The van der Waals surface area contributed by atoms with Gasteiger partial charge in [0.15, 0.2) is 0 Å². The van der Waals surface area contributed by atoms with Crippen LogP contribution in [0.1, 0.15) is 12.8 Å². The maximum Gasteiger partial charge on any atom is 0.224 e. The van der Waals surface area contributed by atoms with Crippen molar-refractivity contribution in [2.45, 2.75) is 31.0 Å². The second kappa shape index (κ2) is 6.58. The van der Waals surface area contributed by atoms with Gasteiger partial charge in [0, 0.05) is 45.5 Å². The van der Waals surface area contributed by atoms with Gasteiger partial charge in [0.25, 0.3) is 0 Å². The highest BCUT2D eigenvalue weighted by molar-refractivity contribution is 5.76. The number of fused-ring (bicyclic) bond motifs is 1. The number of morpholine rings is 1. The Bertz CT molecular complexity index is 510. The van der Waals surface area contributed by atoms with Gasteiger partial charge in [0.1, 0.15) is 12.1 Å². The molecule has 2 aliphatic heterocycles. The van der Waals surface area contributed by atoms with Crippen LogP contribution >= 0.6 is 0 Å². The maximum atomic E-state index is 11.8. The Hall–Kier alpha value is -1.73. The molecule has 3 rings (SSSR count). The molecule has 0 bridgehead atoms. The fourth-order valence-corrected chi connectivity index (χ4v) is 3.13. The molecule has 0 spiro atoms. The molecule has 2 fully saturated rings. The van der Waals surface area contributed by atoms with Gasteiger partial charge in [-0.2, -0.15) is 0 Å². The highest BCUT2D eigenvalue weighted by atomic mass is 16.5. The van der Waals surface area contributed by atoms with Crippen molar-refractivity contribution in [1.29, 1.82) is 0 Å². The molecule has 3 heterocycles. The van der Waals surface area contributed by atoms with E-state index in [1.54, 1.807) is 31.5 Å².